The zero-order valence-corrected chi connectivity index (χ0v) is 10.8. The minimum atomic E-state index is -3.61. The van der Waals surface area contributed by atoms with E-state index in [-0.39, 0.29) is 5.75 Å². The highest BCUT2D eigenvalue weighted by Crippen LogP contribution is 2.14. The predicted molar refractivity (Wildman–Crippen MR) is 64.3 cm³/mol. The Bertz CT molecular complexity index is 518. The van der Waals surface area contributed by atoms with Crippen LogP contribution < -0.4 is 0 Å². The molecule has 0 fully saturated rings. The number of rotatable bonds is 6. The number of halogens is 2. The van der Waals surface area contributed by atoms with Gasteiger partial charge in [0.2, 0.25) is 0 Å². The maximum Gasteiger partial charge on any atom is 0.183 e. The Labute approximate surface area is 105 Å². The quantitative estimate of drug-likeness (QED) is 0.749. The lowest BCUT2D eigenvalue weighted by atomic mass is 10.1. The number of Topliss-reactive ketones (excluding diaryl/α,β-unsaturated/α-hetero) is 1. The molecule has 18 heavy (non-hydrogen) atoms. The summed E-state index contributed by atoms with van der Waals surface area (Å²) in [4.78, 5) is 11.6. The highest BCUT2D eigenvalue weighted by atomic mass is 32.2. The monoisotopic (exact) mass is 276 g/mol. The van der Waals surface area contributed by atoms with Crippen molar-refractivity contribution in [3.63, 3.8) is 0 Å². The Balaban J connectivity index is 2.90. The van der Waals surface area contributed by atoms with E-state index < -0.39 is 38.6 Å². The van der Waals surface area contributed by atoms with Crippen molar-refractivity contribution in [1.82, 2.24) is 0 Å². The van der Waals surface area contributed by atoms with Crippen molar-refractivity contribution in [1.29, 1.82) is 0 Å². The average Bonchev–Trinajstić information content (AvgIpc) is 2.25. The molecule has 0 aliphatic carbocycles. The van der Waals surface area contributed by atoms with Gasteiger partial charge in [-0.2, -0.15) is 0 Å². The summed E-state index contributed by atoms with van der Waals surface area (Å²) in [6, 6.07) is 2.97. The zero-order chi connectivity index (χ0) is 13.8. The lowest BCUT2D eigenvalue weighted by Crippen LogP contribution is -2.21. The fraction of sp³-hybridized carbons (Fsp3) is 0.417. The van der Waals surface area contributed by atoms with Crippen molar-refractivity contribution in [2.45, 2.75) is 19.8 Å². The zero-order valence-electron chi connectivity index (χ0n) is 9.95. The van der Waals surface area contributed by atoms with Crippen molar-refractivity contribution in [3.05, 3.63) is 35.4 Å². The number of sulfone groups is 1. The highest BCUT2D eigenvalue weighted by Gasteiger charge is 2.22. The molecule has 0 aliphatic heterocycles. The van der Waals surface area contributed by atoms with Crippen molar-refractivity contribution in [3.8, 4) is 0 Å². The number of hydrogen-bond acceptors (Lipinski definition) is 3. The molecule has 0 atom stereocenters. The van der Waals surface area contributed by atoms with Crippen molar-refractivity contribution >= 4 is 15.6 Å². The third-order valence-corrected chi connectivity index (χ3v) is 4.01. The van der Waals surface area contributed by atoms with E-state index in [1.54, 1.807) is 0 Å². The van der Waals surface area contributed by atoms with Gasteiger partial charge in [-0.25, -0.2) is 17.2 Å². The van der Waals surface area contributed by atoms with Gasteiger partial charge in [-0.05, 0) is 18.6 Å². The van der Waals surface area contributed by atoms with Gasteiger partial charge in [0.1, 0.15) is 17.4 Å². The van der Waals surface area contributed by atoms with Crippen LogP contribution in [0.4, 0.5) is 8.78 Å². The third kappa shape index (κ3) is 3.87. The Hall–Kier alpha value is -1.30. The van der Waals surface area contributed by atoms with Crippen LogP contribution in [0, 0.1) is 11.6 Å². The lowest BCUT2D eigenvalue weighted by molar-refractivity contribution is 0.101. The number of hydrogen-bond donors (Lipinski definition) is 0. The summed E-state index contributed by atoms with van der Waals surface area (Å²) in [5, 5.41) is 0. The number of carbonyl (C=O) groups excluding carboxylic acids is 1. The van der Waals surface area contributed by atoms with Crippen LogP contribution in [0.5, 0.6) is 0 Å². The van der Waals surface area contributed by atoms with Gasteiger partial charge < -0.3 is 0 Å². The second-order valence-electron chi connectivity index (χ2n) is 3.97. The Morgan fingerprint density at radius 1 is 1.22 bits per heavy atom. The first-order chi connectivity index (χ1) is 8.37. The Morgan fingerprint density at radius 2 is 1.78 bits per heavy atom. The van der Waals surface area contributed by atoms with E-state index in [2.05, 4.69) is 0 Å². The number of carbonyl (C=O) groups is 1. The molecule has 0 aliphatic rings. The van der Waals surface area contributed by atoms with Crippen molar-refractivity contribution in [2.24, 2.45) is 0 Å². The van der Waals surface area contributed by atoms with E-state index in [4.69, 9.17) is 0 Å². The van der Waals surface area contributed by atoms with Crippen molar-refractivity contribution < 1.29 is 22.0 Å². The van der Waals surface area contributed by atoms with Crippen LogP contribution in [-0.4, -0.2) is 25.7 Å². The van der Waals surface area contributed by atoms with E-state index in [0.29, 0.717) is 12.8 Å². The molecule has 100 valence electrons. The molecule has 0 saturated heterocycles. The topological polar surface area (TPSA) is 51.2 Å². The number of unbranched alkanes of at least 4 members (excludes halogenated alkanes) is 1. The van der Waals surface area contributed by atoms with Crippen LogP contribution in [0.15, 0.2) is 18.2 Å². The molecule has 0 N–H and O–H groups in total. The molecule has 0 radical (unpaired) electrons. The summed E-state index contributed by atoms with van der Waals surface area (Å²) in [5.41, 5.74) is -0.780. The molecular formula is C12H14F2O3S. The van der Waals surface area contributed by atoms with Gasteiger partial charge in [0.15, 0.2) is 15.6 Å². The minimum absolute atomic E-state index is 0.148. The molecule has 0 bridgehead atoms. The SMILES string of the molecule is CCCCS(=O)(=O)CC(=O)c1c(F)cccc1F. The van der Waals surface area contributed by atoms with Crippen molar-refractivity contribution in [2.75, 3.05) is 11.5 Å². The first-order valence-electron chi connectivity index (χ1n) is 5.55. The van der Waals surface area contributed by atoms with Crippen LogP contribution in [0.2, 0.25) is 0 Å². The standard InChI is InChI=1S/C12H14F2O3S/c1-2-3-7-18(16,17)8-11(15)12-9(13)5-4-6-10(12)14/h4-6H,2-3,7-8H2,1H3. The Morgan fingerprint density at radius 3 is 2.28 bits per heavy atom. The van der Waals surface area contributed by atoms with Gasteiger partial charge >= 0.3 is 0 Å². The van der Waals surface area contributed by atoms with Crippen LogP contribution in [-0.2, 0) is 9.84 Å². The van der Waals surface area contributed by atoms with E-state index >= 15 is 0 Å². The molecule has 0 unspecified atom stereocenters. The fourth-order valence-corrected chi connectivity index (χ4v) is 2.89. The largest absolute Gasteiger partial charge is 0.293 e. The summed E-state index contributed by atoms with van der Waals surface area (Å²) in [6.45, 7) is 1.81. The van der Waals surface area contributed by atoms with Crippen LogP contribution in [0.3, 0.4) is 0 Å². The second-order valence-corrected chi connectivity index (χ2v) is 6.15. The van der Waals surface area contributed by atoms with E-state index in [0.717, 1.165) is 18.2 Å². The van der Waals surface area contributed by atoms with Crippen LogP contribution >= 0.6 is 0 Å². The van der Waals surface area contributed by atoms with Gasteiger partial charge in [-0.3, -0.25) is 4.79 Å². The number of ketones is 1. The summed E-state index contributed by atoms with van der Waals surface area (Å²) in [6.07, 6.45) is 1.09. The first-order valence-corrected chi connectivity index (χ1v) is 7.37. The molecule has 0 aromatic heterocycles. The second kappa shape index (κ2) is 6.04. The van der Waals surface area contributed by atoms with Crippen LogP contribution in [0.25, 0.3) is 0 Å². The molecule has 0 spiro atoms. The maximum atomic E-state index is 13.3. The molecule has 1 rings (SSSR count). The highest BCUT2D eigenvalue weighted by molar-refractivity contribution is 7.92. The third-order valence-electron chi connectivity index (χ3n) is 2.40. The summed E-state index contributed by atoms with van der Waals surface area (Å²) < 4.78 is 49.6. The molecule has 3 nitrogen and oxygen atoms in total. The predicted octanol–water partition coefficient (Wildman–Crippen LogP) is 2.36. The van der Waals surface area contributed by atoms with Gasteiger partial charge in [-0.1, -0.05) is 19.4 Å². The van der Waals surface area contributed by atoms with Gasteiger partial charge in [0.25, 0.3) is 0 Å². The van der Waals surface area contributed by atoms with Gasteiger partial charge in [-0.15, -0.1) is 0 Å². The molecule has 1 aromatic rings. The average molecular weight is 276 g/mol. The fourth-order valence-electron chi connectivity index (χ4n) is 1.47. The lowest BCUT2D eigenvalue weighted by Gasteiger charge is -2.05. The van der Waals surface area contributed by atoms with Gasteiger partial charge in [0, 0.05) is 0 Å². The molecular weight excluding hydrogens is 262 g/mol. The van der Waals surface area contributed by atoms with E-state index in [1.807, 2.05) is 6.92 Å². The van der Waals surface area contributed by atoms with Crippen LogP contribution in [0.1, 0.15) is 30.1 Å². The first kappa shape index (κ1) is 14.8. The van der Waals surface area contributed by atoms with E-state index in [1.165, 1.54) is 0 Å². The molecule has 0 amide bonds. The van der Waals surface area contributed by atoms with Gasteiger partial charge in [0.05, 0.1) is 11.3 Å². The molecule has 0 heterocycles. The molecule has 6 heteroatoms. The smallest absolute Gasteiger partial charge is 0.183 e. The number of benzene rings is 1. The Kier molecular flexibility index (Phi) is 4.95. The van der Waals surface area contributed by atoms with E-state index in [9.17, 15) is 22.0 Å². The summed E-state index contributed by atoms with van der Waals surface area (Å²) in [5.74, 6) is -4.12. The molecule has 1 aromatic carbocycles. The minimum Gasteiger partial charge on any atom is -0.293 e. The molecule has 0 saturated carbocycles. The maximum absolute atomic E-state index is 13.3. The summed E-state index contributed by atoms with van der Waals surface area (Å²) >= 11 is 0. The summed E-state index contributed by atoms with van der Waals surface area (Å²) in [7, 11) is -3.61. The normalized spacial score (nSPS) is 11.5.